The van der Waals surface area contributed by atoms with Crippen LogP contribution in [0.3, 0.4) is 0 Å². The zero-order chi connectivity index (χ0) is 22.4. The molecule has 0 aromatic rings. The topological polar surface area (TPSA) is 98.7 Å². The number of likely N-dealkylation sites (tertiary alicyclic amines) is 1. The molecule has 0 spiro atoms. The SMILES string of the molecule is CCCCNC(=O)[C@@H]1[C@H]2C=C[C@@H](CC)[C@@H](C(=O)NC)[C@H]2C(=O)N1[C@@H](CO)CC(C)C. The number of carbonyl (C=O) groups is 3. The van der Waals surface area contributed by atoms with E-state index in [1.54, 1.807) is 11.9 Å². The van der Waals surface area contributed by atoms with E-state index < -0.39 is 23.9 Å². The first kappa shape index (κ1) is 24.4. The zero-order valence-corrected chi connectivity index (χ0v) is 19.1. The molecule has 3 amide bonds. The molecule has 0 aromatic heterocycles. The van der Waals surface area contributed by atoms with E-state index in [4.69, 9.17) is 0 Å². The van der Waals surface area contributed by atoms with Gasteiger partial charge >= 0.3 is 0 Å². The Bertz CT molecular complexity index is 648. The standard InChI is InChI=1S/C23H39N3O4/c1-6-8-11-25-22(29)20-17-10-9-15(7-2)18(21(28)24-5)19(17)23(30)26(20)16(13-27)12-14(3)4/h9-10,14-20,27H,6-8,11-13H2,1-5H3,(H,24,28)(H,25,29)/t15-,16-,17+,18-,19+,20+/m1/s1. The van der Waals surface area contributed by atoms with Gasteiger partial charge in [0.15, 0.2) is 0 Å². The highest BCUT2D eigenvalue weighted by molar-refractivity contribution is 5.97. The van der Waals surface area contributed by atoms with Crippen molar-refractivity contribution in [2.75, 3.05) is 20.2 Å². The van der Waals surface area contributed by atoms with Gasteiger partial charge in [0.1, 0.15) is 6.04 Å². The second-order valence-corrected chi connectivity index (χ2v) is 9.00. The summed E-state index contributed by atoms with van der Waals surface area (Å²) in [5, 5.41) is 15.8. The van der Waals surface area contributed by atoms with Gasteiger partial charge in [-0.25, -0.2) is 0 Å². The molecule has 2 rings (SSSR count). The molecule has 1 aliphatic carbocycles. The van der Waals surface area contributed by atoms with Gasteiger partial charge in [-0.2, -0.15) is 0 Å². The van der Waals surface area contributed by atoms with Crippen LogP contribution in [0.15, 0.2) is 12.2 Å². The smallest absolute Gasteiger partial charge is 0.243 e. The molecule has 0 radical (unpaired) electrons. The van der Waals surface area contributed by atoms with Crippen molar-refractivity contribution in [1.29, 1.82) is 0 Å². The quantitative estimate of drug-likeness (QED) is 0.369. The van der Waals surface area contributed by atoms with Gasteiger partial charge in [-0.15, -0.1) is 0 Å². The van der Waals surface area contributed by atoms with Gasteiger partial charge in [0.25, 0.3) is 0 Å². The summed E-state index contributed by atoms with van der Waals surface area (Å²) in [5.74, 6) is -1.78. The molecule has 0 aromatic carbocycles. The fraction of sp³-hybridized carbons (Fsp3) is 0.783. The minimum absolute atomic E-state index is 0.0448. The van der Waals surface area contributed by atoms with Gasteiger partial charge in [-0.3, -0.25) is 14.4 Å². The summed E-state index contributed by atoms with van der Waals surface area (Å²) in [6, 6.07) is -1.14. The lowest BCUT2D eigenvalue weighted by atomic mass is 9.69. The Morgan fingerprint density at radius 2 is 1.90 bits per heavy atom. The second-order valence-electron chi connectivity index (χ2n) is 9.00. The third kappa shape index (κ3) is 4.88. The number of fused-ring (bicyclic) bond motifs is 1. The number of hydrogen-bond acceptors (Lipinski definition) is 4. The van der Waals surface area contributed by atoms with Gasteiger partial charge in [-0.05, 0) is 31.1 Å². The van der Waals surface area contributed by atoms with Gasteiger partial charge in [0.05, 0.1) is 24.5 Å². The molecular weight excluding hydrogens is 382 g/mol. The summed E-state index contributed by atoms with van der Waals surface area (Å²) < 4.78 is 0. The molecule has 3 N–H and O–H groups in total. The van der Waals surface area contributed by atoms with E-state index in [9.17, 15) is 19.5 Å². The van der Waals surface area contributed by atoms with Crippen LogP contribution >= 0.6 is 0 Å². The van der Waals surface area contributed by atoms with Crippen LogP contribution in [0.5, 0.6) is 0 Å². The molecule has 2 aliphatic rings. The summed E-state index contributed by atoms with van der Waals surface area (Å²) in [6.07, 6.45) is 7.14. The zero-order valence-electron chi connectivity index (χ0n) is 19.1. The molecule has 1 heterocycles. The fourth-order valence-corrected chi connectivity index (χ4v) is 5.07. The highest BCUT2D eigenvalue weighted by Gasteiger charge is 2.58. The van der Waals surface area contributed by atoms with Crippen LogP contribution < -0.4 is 10.6 Å². The van der Waals surface area contributed by atoms with Gasteiger partial charge in [-0.1, -0.05) is 46.3 Å². The van der Waals surface area contributed by atoms with Crippen LogP contribution in [0, 0.1) is 29.6 Å². The first-order valence-corrected chi connectivity index (χ1v) is 11.4. The molecule has 0 saturated carbocycles. The predicted molar refractivity (Wildman–Crippen MR) is 116 cm³/mol. The van der Waals surface area contributed by atoms with Crippen LogP contribution in [0.4, 0.5) is 0 Å². The lowest BCUT2D eigenvalue weighted by Crippen LogP contribution is -2.52. The normalized spacial score (nSPS) is 29.1. The van der Waals surface area contributed by atoms with Crippen LogP contribution in [-0.2, 0) is 14.4 Å². The fourth-order valence-electron chi connectivity index (χ4n) is 5.07. The minimum atomic E-state index is -0.698. The third-order valence-corrected chi connectivity index (χ3v) is 6.51. The number of nitrogens with zero attached hydrogens (tertiary/aromatic N) is 1. The Morgan fingerprint density at radius 1 is 1.20 bits per heavy atom. The molecule has 7 nitrogen and oxygen atoms in total. The third-order valence-electron chi connectivity index (χ3n) is 6.51. The van der Waals surface area contributed by atoms with Crippen molar-refractivity contribution in [3.63, 3.8) is 0 Å². The molecule has 1 fully saturated rings. The number of carbonyl (C=O) groups excluding carboxylic acids is 3. The first-order valence-electron chi connectivity index (χ1n) is 11.4. The molecule has 1 aliphatic heterocycles. The largest absolute Gasteiger partial charge is 0.394 e. The number of aliphatic hydroxyl groups excluding tert-OH is 1. The lowest BCUT2D eigenvalue weighted by molar-refractivity contribution is -0.143. The summed E-state index contributed by atoms with van der Waals surface area (Å²) in [7, 11) is 1.59. The van der Waals surface area contributed by atoms with Crippen LogP contribution in [-0.4, -0.2) is 60.0 Å². The van der Waals surface area contributed by atoms with Crippen molar-refractivity contribution in [3.05, 3.63) is 12.2 Å². The maximum Gasteiger partial charge on any atom is 0.243 e. The molecule has 1 saturated heterocycles. The van der Waals surface area contributed by atoms with Crippen LogP contribution in [0.1, 0.15) is 53.4 Å². The maximum atomic E-state index is 13.7. The van der Waals surface area contributed by atoms with Crippen molar-refractivity contribution >= 4 is 17.7 Å². The Labute approximate surface area is 180 Å². The van der Waals surface area contributed by atoms with Gasteiger partial charge in [0.2, 0.25) is 17.7 Å². The van der Waals surface area contributed by atoms with Gasteiger partial charge < -0.3 is 20.6 Å². The first-order chi connectivity index (χ1) is 14.3. The average molecular weight is 422 g/mol. The molecule has 30 heavy (non-hydrogen) atoms. The van der Waals surface area contributed by atoms with Crippen molar-refractivity contribution in [3.8, 4) is 0 Å². The monoisotopic (exact) mass is 421 g/mol. The molecule has 7 heteroatoms. The Morgan fingerprint density at radius 3 is 2.43 bits per heavy atom. The number of amides is 3. The van der Waals surface area contributed by atoms with E-state index in [0.29, 0.717) is 13.0 Å². The van der Waals surface area contributed by atoms with Crippen LogP contribution in [0.25, 0.3) is 0 Å². The molecular formula is C23H39N3O4. The van der Waals surface area contributed by atoms with E-state index >= 15 is 0 Å². The summed E-state index contributed by atoms with van der Waals surface area (Å²) >= 11 is 0. The van der Waals surface area contributed by atoms with Crippen molar-refractivity contribution in [2.45, 2.75) is 65.5 Å². The van der Waals surface area contributed by atoms with Crippen molar-refractivity contribution in [1.82, 2.24) is 15.5 Å². The van der Waals surface area contributed by atoms with E-state index in [-0.39, 0.29) is 42.1 Å². The molecule has 0 unspecified atom stereocenters. The Hall–Kier alpha value is -1.89. The number of hydrogen-bond donors (Lipinski definition) is 3. The molecule has 170 valence electrons. The molecule has 6 atom stereocenters. The number of allylic oxidation sites excluding steroid dienone is 1. The van der Waals surface area contributed by atoms with E-state index in [2.05, 4.69) is 17.6 Å². The number of nitrogens with one attached hydrogen (secondary N) is 2. The van der Waals surface area contributed by atoms with E-state index in [0.717, 1.165) is 19.3 Å². The average Bonchev–Trinajstić information content (AvgIpc) is 3.03. The summed E-state index contributed by atoms with van der Waals surface area (Å²) in [4.78, 5) is 41.3. The van der Waals surface area contributed by atoms with Crippen LogP contribution in [0.2, 0.25) is 0 Å². The maximum absolute atomic E-state index is 13.7. The van der Waals surface area contributed by atoms with E-state index in [1.165, 1.54) is 0 Å². The highest BCUT2D eigenvalue weighted by atomic mass is 16.3. The van der Waals surface area contributed by atoms with E-state index in [1.807, 2.05) is 32.9 Å². The number of rotatable bonds is 10. The number of aliphatic hydroxyl groups is 1. The summed E-state index contributed by atoms with van der Waals surface area (Å²) in [5.41, 5.74) is 0. The van der Waals surface area contributed by atoms with Crippen molar-refractivity contribution in [2.24, 2.45) is 29.6 Å². The van der Waals surface area contributed by atoms with Gasteiger partial charge in [0, 0.05) is 19.5 Å². The summed E-state index contributed by atoms with van der Waals surface area (Å²) in [6.45, 7) is 8.49. The van der Waals surface area contributed by atoms with Crippen molar-refractivity contribution < 1.29 is 19.5 Å². The number of unbranched alkanes of at least 4 members (excludes halogenated alkanes) is 1. The lowest BCUT2D eigenvalue weighted by Gasteiger charge is -2.34. The minimum Gasteiger partial charge on any atom is -0.394 e. The highest BCUT2D eigenvalue weighted by Crippen LogP contribution is 2.46. The Balaban J connectivity index is 2.47. The second kappa shape index (κ2) is 10.9. The Kier molecular flexibility index (Phi) is 8.89. The predicted octanol–water partition coefficient (Wildman–Crippen LogP) is 1.71. The molecule has 0 bridgehead atoms.